The van der Waals surface area contributed by atoms with Gasteiger partial charge in [-0.1, -0.05) is 13.8 Å². The Morgan fingerprint density at radius 2 is 2.11 bits per heavy atom. The number of rotatable bonds is 6. The molecule has 1 rings (SSSR count). The maximum atomic E-state index is 12.0. The monoisotopic (exact) mass is 290 g/mol. The molecule has 0 radical (unpaired) electrons. The molecule has 0 bridgehead atoms. The normalized spacial score (nSPS) is 21.6. The molecule has 0 aromatic carbocycles. The van der Waals surface area contributed by atoms with Crippen LogP contribution in [0.2, 0.25) is 0 Å². The Kier molecular flexibility index (Phi) is 6.26. The Hall–Kier alpha value is -0.620. The maximum Gasteiger partial charge on any atom is 0.224 e. The summed E-state index contributed by atoms with van der Waals surface area (Å²) in [5.41, 5.74) is 0. The molecular formula is C13H26N2O3S. The zero-order valence-corrected chi connectivity index (χ0v) is 13.0. The molecule has 0 spiro atoms. The van der Waals surface area contributed by atoms with Gasteiger partial charge in [0.25, 0.3) is 0 Å². The lowest BCUT2D eigenvalue weighted by molar-refractivity contribution is -0.126. The Labute approximate surface area is 116 Å². The van der Waals surface area contributed by atoms with E-state index in [2.05, 4.69) is 19.2 Å². The first-order valence-electron chi connectivity index (χ1n) is 7.03. The predicted octanol–water partition coefficient (Wildman–Crippen LogP) is 1.21. The second-order valence-corrected chi connectivity index (χ2v) is 7.77. The van der Waals surface area contributed by atoms with Crippen molar-refractivity contribution in [3.8, 4) is 0 Å². The molecule has 5 nitrogen and oxygen atoms in total. The molecule has 0 aromatic heterocycles. The van der Waals surface area contributed by atoms with Crippen LogP contribution in [0.1, 0.15) is 39.5 Å². The number of nitrogens with zero attached hydrogens (tertiary/aromatic N) is 1. The number of carbonyl (C=O) groups excluding carboxylic acids is 1. The number of piperidine rings is 1. The van der Waals surface area contributed by atoms with E-state index >= 15 is 0 Å². The van der Waals surface area contributed by atoms with Crippen molar-refractivity contribution in [2.24, 2.45) is 11.8 Å². The van der Waals surface area contributed by atoms with Crippen LogP contribution in [0.3, 0.4) is 0 Å². The molecule has 0 aromatic rings. The smallest absolute Gasteiger partial charge is 0.224 e. The van der Waals surface area contributed by atoms with E-state index in [1.54, 1.807) is 0 Å². The lowest BCUT2D eigenvalue weighted by Crippen LogP contribution is -2.45. The summed E-state index contributed by atoms with van der Waals surface area (Å²) in [5.74, 6) is 0.451. The molecule has 6 heteroatoms. The van der Waals surface area contributed by atoms with Crippen LogP contribution >= 0.6 is 0 Å². The summed E-state index contributed by atoms with van der Waals surface area (Å²) in [5, 5.41) is 2.92. The standard InChI is InChI=1S/C13H26N2O3S/c1-11(2)6-4-8-14-13(16)12-7-5-9-15(10-12)19(3,17)18/h11-12H,4-10H2,1-3H3,(H,14,16). The van der Waals surface area contributed by atoms with Crippen LogP contribution in [0.4, 0.5) is 0 Å². The van der Waals surface area contributed by atoms with Crippen molar-refractivity contribution in [3.63, 3.8) is 0 Å². The molecule has 1 aliphatic rings. The molecule has 19 heavy (non-hydrogen) atoms. The Balaban J connectivity index is 2.36. The summed E-state index contributed by atoms with van der Waals surface area (Å²) < 4.78 is 24.4. The minimum atomic E-state index is -3.18. The number of sulfonamides is 1. The van der Waals surface area contributed by atoms with Crippen LogP contribution in [-0.2, 0) is 14.8 Å². The molecule has 112 valence electrons. The van der Waals surface area contributed by atoms with Crippen molar-refractivity contribution in [1.82, 2.24) is 9.62 Å². The average molecular weight is 290 g/mol. The summed E-state index contributed by atoms with van der Waals surface area (Å²) in [6.07, 6.45) is 4.82. The molecule has 1 heterocycles. The first-order valence-corrected chi connectivity index (χ1v) is 8.88. The highest BCUT2D eigenvalue weighted by Gasteiger charge is 2.29. The second-order valence-electron chi connectivity index (χ2n) is 5.79. The van der Waals surface area contributed by atoms with Crippen molar-refractivity contribution in [1.29, 1.82) is 0 Å². The molecule has 1 atom stereocenters. The van der Waals surface area contributed by atoms with Crippen LogP contribution in [0.25, 0.3) is 0 Å². The van der Waals surface area contributed by atoms with E-state index in [4.69, 9.17) is 0 Å². The zero-order valence-electron chi connectivity index (χ0n) is 12.2. The highest BCUT2D eigenvalue weighted by atomic mass is 32.2. The van der Waals surface area contributed by atoms with E-state index in [-0.39, 0.29) is 11.8 Å². The van der Waals surface area contributed by atoms with Crippen molar-refractivity contribution in [3.05, 3.63) is 0 Å². The fraction of sp³-hybridized carbons (Fsp3) is 0.923. The van der Waals surface area contributed by atoms with Crippen molar-refractivity contribution in [2.75, 3.05) is 25.9 Å². The van der Waals surface area contributed by atoms with Gasteiger partial charge in [-0.15, -0.1) is 0 Å². The summed E-state index contributed by atoms with van der Waals surface area (Å²) in [4.78, 5) is 12.0. The van der Waals surface area contributed by atoms with Crippen LogP contribution in [0.15, 0.2) is 0 Å². The van der Waals surface area contributed by atoms with Gasteiger partial charge in [-0.25, -0.2) is 12.7 Å². The highest BCUT2D eigenvalue weighted by molar-refractivity contribution is 7.88. The Bertz CT molecular complexity index is 393. The molecule has 1 amide bonds. The molecule has 1 N–H and O–H groups in total. The molecule has 0 saturated carbocycles. The Morgan fingerprint density at radius 3 is 2.68 bits per heavy atom. The number of hydrogen-bond acceptors (Lipinski definition) is 3. The van der Waals surface area contributed by atoms with Crippen molar-refractivity contribution < 1.29 is 13.2 Å². The topological polar surface area (TPSA) is 66.5 Å². The predicted molar refractivity (Wildman–Crippen MR) is 76.2 cm³/mol. The fourth-order valence-electron chi connectivity index (χ4n) is 2.32. The summed E-state index contributed by atoms with van der Waals surface area (Å²) >= 11 is 0. The first kappa shape index (κ1) is 16.4. The van der Waals surface area contributed by atoms with Crippen LogP contribution in [0.5, 0.6) is 0 Å². The van der Waals surface area contributed by atoms with Gasteiger partial charge in [-0.3, -0.25) is 4.79 Å². The summed E-state index contributed by atoms with van der Waals surface area (Å²) in [6.45, 7) is 5.87. The molecule has 0 aliphatic carbocycles. The van der Waals surface area contributed by atoms with Crippen molar-refractivity contribution in [2.45, 2.75) is 39.5 Å². The quantitative estimate of drug-likeness (QED) is 0.748. The summed E-state index contributed by atoms with van der Waals surface area (Å²) in [6, 6.07) is 0. The van der Waals surface area contributed by atoms with Crippen LogP contribution in [-0.4, -0.2) is 44.5 Å². The molecule has 1 aliphatic heterocycles. The number of amides is 1. The van der Waals surface area contributed by atoms with E-state index in [0.29, 0.717) is 25.6 Å². The lowest BCUT2D eigenvalue weighted by atomic mass is 9.98. The molecule has 1 unspecified atom stereocenters. The summed E-state index contributed by atoms with van der Waals surface area (Å²) in [7, 11) is -3.18. The number of hydrogen-bond donors (Lipinski definition) is 1. The minimum Gasteiger partial charge on any atom is -0.356 e. The third-order valence-electron chi connectivity index (χ3n) is 3.48. The van der Waals surface area contributed by atoms with Gasteiger partial charge in [-0.2, -0.15) is 0 Å². The second kappa shape index (κ2) is 7.24. The van der Waals surface area contributed by atoms with Gasteiger partial charge >= 0.3 is 0 Å². The zero-order chi connectivity index (χ0) is 14.5. The van der Waals surface area contributed by atoms with Gasteiger partial charge in [0.05, 0.1) is 12.2 Å². The highest BCUT2D eigenvalue weighted by Crippen LogP contribution is 2.18. The van der Waals surface area contributed by atoms with E-state index in [0.717, 1.165) is 25.7 Å². The average Bonchev–Trinajstić information content (AvgIpc) is 2.33. The van der Waals surface area contributed by atoms with E-state index in [1.807, 2.05) is 0 Å². The molecular weight excluding hydrogens is 264 g/mol. The number of carbonyl (C=O) groups is 1. The van der Waals surface area contributed by atoms with Crippen molar-refractivity contribution >= 4 is 15.9 Å². The van der Waals surface area contributed by atoms with Gasteiger partial charge in [0.2, 0.25) is 15.9 Å². The van der Waals surface area contributed by atoms with Crippen LogP contribution < -0.4 is 5.32 Å². The molecule has 1 saturated heterocycles. The van der Waals surface area contributed by atoms with E-state index < -0.39 is 10.0 Å². The van der Waals surface area contributed by atoms with Gasteiger partial charge in [0, 0.05) is 19.6 Å². The maximum absolute atomic E-state index is 12.0. The SMILES string of the molecule is CC(C)CCCNC(=O)C1CCCN(S(C)(=O)=O)C1. The fourth-order valence-corrected chi connectivity index (χ4v) is 3.24. The third kappa shape index (κ3) is 5.91. The molecule has 1 fully saturated rings. The van der Waals surface area contributed by atoms with Gasteiger partial charge in [0.1, 0.15) is 0 Å². The Morgan fingerprint density at radius 1 is 1.42 bits per heavy atom. The largest absolute Gasteiger partial charge is 0.356 e. The third-order valence-corrected chi connectivity index (χ3v) is 4.75. The minimum absolute atomic E-state index is 0.00268. The van der Waals surface area contributed by atoms with Gasteiger partial charge in [-0.05, 0) is 31.6 Å². The number of nitrogens with one attached hydrogen (secondary N) is 1. The van der Waals surface area contributed by atoms with Gasteiger partial charge < -0.3 is 5.32 Å². The lowest BCUT2D eigenvalue weighted by Gasteiger charge is -2.30. The first-order chi connectivity index (χ1) is 8.80. The van der Waals surface area contributed by atoms with E-state index in [1.165, 1.54) is 10.6 Å². The van der Waals surface area contributed by atoms with E-state index in [9.17, 15) is 13.2 Å². The van der Waals surface area contributed by atoms with Gasteiger partial charge in [0.15, 0.2) is 0 Å². The van der Waals surface area contributed by atoms with Crippen LogP contribution in [0, 0.1) is 11.8 Å².